The lowest BCUT2D eigenvalue weighted by atomic mass is 10.1. The van der Waals surface area contributed by atoms with Crippen LogP contribution in [0.4, 0.5) is 11.4 Å². The van der Waals surface area contributed by atoms with Crippen molar-refractivity contribution < 1.29 is 13.2 Å². The summed E-state index contributed by atoms with van der Waals surface area (Å²) in [5, 5.41) is 0. The van der Waals surface area contributed by atoms with E-state index in [4.69, 9.17) is 0 Å². The Morgan fingerprint density at radius 3 is 2.34 bits per heavy atom. The maximum Gasteiger partial charge on any atom is 0.245 e. The molecule has 2 aromatic rings. The molecule has 29 heavy (non-hydrogen) atoms. The number of anilines is 2. The molecule has 1 fully saturated rings. The minimum absolute atomic E-state index is 0.0549. The van der Waals surface area contributed by atoms with Crippen molar-refractivity contribution >= 4 is 43.2 Å². The van der Waals surface area contributed by atoms with Crippen molar-refractivity contribution in [3.8, 4) is 0 Å². The van der Waals surface area contributed by atoms with Crippen molar-refractivity contribution in [1.82, 2.24) is 4.31 Å². The highest BCUT2D eigenvalue weighted by Gasteiger charge is 2.38. The van der Waals surface area contributed by atoms with Crippen LogP contribution in [-0.2, 0) is 21.2 Å². The van der Waals surface area contributed by atoms with Crippen molar-refractivity contribution in [2.45, 2.75) is 31.2 Å². The monoisotopic (exact) mass is 477 g/mol. The second-order valence-corrected chi connectivity index (χ2v) is 10.4. The van der Waals surface area contributed by atoms with Crippen LogP contribution in [0.5, 0.6) is 0 Å². The van der Waals surface area contributed by atoms with Crippen molar-refractivity contribution in [3.63, 3.8) is 0 Å². The maximum absolute atomic E-state index is 13.6. The highest BCUT2D eigenvalue weighted by molar-refractivity contribution is 9.10. The number of carbonyl (C=O) groups is 1. The number of benzene rings is 2. The number of nitrogens with zero attached hydrogens (tertiary/aromatic N) is 3. The molecule has 1 unspecified atom stereocenters. The quantitative estimate of drug-likeness (QED) is 0.680. The van der Waals surface area contributed by atoms with Crippen molar-refractivity contribution in [1.29, 1.82) is 0 Å². The van der Waals surface area contributed by atoms with Crippen molar-refractivity contribution in [3.05, 3.63) is 52.5 Å². The third kappa shape index (κ3) is 3.69. The van der Waals surface area contributed by atoms with E-state index in [1.807, 2.05) is 43.3 Å². The average molecular weight is 478 g/mol. The molecule has 1 saturated heterocycles. The van der Waals surface area contributed by atoms with Gasteiger partial charge in [0.25, 0.3) is 0 Å². The molecule has 0 aliphatic carbocycles. The molecular weight excluding hydrogens is 454 g/mol. The predicted molar refractivity (Wildman–Crippen MR) is 118 cm³/mol. The van der Waals surface area contributed by atoms with E-state index in [1.54, 1.807) is 11.0 Å². The average Bonchev–Trinajstić information content (AvgIpc) is 3.03. The van der Waals surface area contributed by atoms with Crippen LogP contribution in [0.2, 0.25) is 0 Å². The molecule has 154 valence electrons. The first-order valence-electron chi connectivity index (χ1n) is 9.71. The molecular formula is C21H24BrN3O3S. The fourth-order valence-corrected chi connectivity index (χ4v) is 6.64. The lowest BCUT2D eigenvalue weighted by molar-refractivity contribution is -0.116. The van der Waals surface area contributed by atoms with Gasteiger partial charge in [-0.15, -0.1) is 0 Å². The molecule has 0 N–H and O–H groups in total. The maximum atomic E-state index is 13.6. The van der Waals surface area contributed by atoms with Gasteiger partial charge in [-0.05, 0) is 43.2 Å². The summed E-state index contributed by atoms with van der Waals surface area (Å²) in [6.07, 6.45) is 0.651. The molecule has 0 spiro atoms. The number of piperazine rings is 1. The second-order valence-electron chi connectivity index (χ2n) is 7.58. The first kappa shape index (κ1) is 20.4. The number of hydrogen-bond donors (Lipinski definition) is 0. The summed E-state index contributed by atoms with van der Waals surface area (Å²) < 4.78 is 29.4. The summed E-state index contributed by atoms with van der Waals surface area (Å²) >= 11 is 3.45. The number of rotatable bonds is 3. The second kappa shape index (κ2) is 7.74. The summed E-state index contributed by atoms with van der Waals surface area (Å²) in [6.45, 7) is 5.52. The van der Waals surface area contributed by atoms with Crippen LogP contribution in [-0.4, -0.2) is 50.9 Å². The van der Waals surface area contributed by atoms with Crippen LogP contribution in [0.15, 0.2) is 51.8 Å². The Morgan fingerprint density at radius 1 is 1.07 bits per heavy atom. The van der Waals surface area contributed by atoms with Gasteiger partial charge in [-0.3, -0.25) is 4.79 Å². The molecule has 0 radical (unpaired) electrons. The molecule has 6 nitrogen and oxygen atoms in total. The molecule has 0 bridgehead atoms. The first-order chi connectivity index (χ1) is 13.8. The van der Waals surface area contributed by atoms with Crippen LogP contribution in [0.25, 0.3) is 0 Å². The Morgan fingerprint density at radius 2 is 1.72 bits per heavy atom. The lowest BCUT2D eigenvalue weighted by Gasteiger charge is -2.36. The molecule has 2 heterocycles. The van der Waals surface area contributed by atoms with E-state index in [2.05, 4.69) is 20.8 Å². The van der Waals surface area contributed by atoms with Crippen LogP contribution < -0.4 is 9.80 Å². The number of fused-ring (bicyclic) bond motifs is 1. The topological polar surface area (TPSA) is 60.9 Å². The Labute approximate surface area is 180 Å². The number of para-hydroxylation sites is 1. The van der Waals surface area contributed by atoms with Gasteiger partial charge in [0.15, 0.2) is 0 Å². The van der Waals surface area contributed by atoms with Gasteiger partial charge in [0, 0.05) is 49.3 Å². The minimum atomic E-state index is -3.72. The highest BCUT2D eigenvalue weighted by atomic mass is 79.9. The highest BCUT2D eigenvalue weighted by Crippen LogP contribution is 2.41. The summed E-state index contributed by atoms with van der Waals surface area (Å²) in [6, 6.07) is 13.5. The molecule has 2 aromatic carbocycles. The van der Waals surface area contributed by atoms with Gasteiger partial charge in [-0.25, -0.2) is 8.42 Å². The van der Waals surface area contributed by atoms with E-state index < -0.39 is 10.0 Å². The third-order valence-corrected chi connectivity index (χ3v) is 8.00. The van der Waals surface area contributed by atoms with Gasteiger partial charge in [-0.2, -0.15) is 4.31 Å². The van der Waals surface area contributed by atoms with Gasteiger partial charge in [-0.1, -0.05) is 34.1 Å². The number of hydrogen-bond acceptors (Lipinski definition) is 4. The predicted octanol–water partition coefficient (Wildman–Crippen LogP) is 3.26. The molecule has 8 heteroatoms. The van der Waals surface area contributed by atoms with Crippen LogP contribution in [0, 0.1) is 0 Å². The van der Waals surface area contributed by atoms with E-state index in [9.17, 15) is 13.2 Å². The SMILES string of the molecule is CC(=O)N1c2c(cc(Br)cc2S(=O)(=O)N2CCN(c3ccccc3)CC2)CC1C. The normalized spacial score (nSPS) is 20.0. The summed E-state index contributed by atoms with van der Waals surface area (Å²) in [4.78, 5) is 16.3. The Hall–Kier alpha value is -1.90. The molecule has 2 aliphatic heterocycles. The van der Waals surface area contributed by atoms with Gasteiger partial charge >= 0.3 is 0 Å². The zero-order valence-electron chi connectivity index (χ0n) is 16.5. The summed E-state index contributed by atoms with van der Waals surface area (Å²) in [7, 11) is -3.72. The van der Waals surface area contributed by atoms with Gasteiger partial charge in [0.2, 0.25) is 15.9 Å². The Kier molecular flexibility index (Phi) is 5.44. The fraction of sp³-hybridized carbons (Fsp3) is 0.381. The van der Waals surface area contributed by atoms with E-state index in [0.29, 0.717) is 38.3 Å². The smallest absolute Gasteiger partial charge is 0.245 e. The minimum Gasteiger partial charge on any atom is -0.369 e. The number of halogens is 1. The van der Waals surface area contributed by atoms with Crippen LogP contribution in [0.1, 0.15) is 19.4 Å². The van der Waals surface area contributed by atoms with Crippen molar-refractivity contribution in [2.24, 2.45) is 0 Å². The van der Waals surface area contributed by atoms with Crippen molar-refractivity contribution in [2.75, 3.05) is 36.0 Å². The molecule has 0 saturated carbocycles. The molecule has 1 atom stereocenters. The van der Waals surface area contributed by atoms with Gasteiger partial charge in [0.05, 0.1) is 5.69 Å². The zero-order chi connectivity index (χ0) is 20.8. The van der Waals surface area contributed by atoms with E-state index in [0.717, 1.165) is 15.7 Å². The first-order valence-corrected chi connectivity index (χ1v) is 11.9. The molecule has 1 amide bonds. The van der Waals surface area contributed by atoms with Crippen LogP contribution in [0.3, 0.4) is 0 Å². The third-order valence-electron chi connectivity index (χ3n) is 5.63. The van der Waals surface area contributed by atoms with E-state index in [-0.39, 0.29) is 16.8 Å². The van der Waals surface area contributed by atoms with E-state index in [1.165, 1.54) is 11.2 Å². The van der Waals surface area contributed by atoms with Crippen LogP contribution >= 0.6 is 15.9 Å². The Bertz CT molecular complexity index is 1030. The zero-order valence-corrected chi connectivity index (χ0v) is 18.9. The fourth-order valence-electron chi connectivity index (χ4n) is 4.32. The standard InChI is InChI=1S/C21H24BrN3O3S/c1-15-12-17-13-18(22)14-20(21(17)25(15)16(2)26)29(27,28)24-10-8-23(9-11-24)19-6-4-3-5-7-19/h3-7,13-15H,8-12H2,1-2H3. The molecule has 0 aromatic heterocycles. The largest absolute Gasteiger partial charge is 0.369 e. The molecule has 4 rings (SSSR count). The number of amides is 1. The summed E-state index contributed by atoms with van der Waals surface area (Å²) in [5.41, 5.74) is 2.53. The Balaban J connectivity index is 1.65. The molecule has 2 aliphatic rings. The van der Waals surface area contributed by atoms with Gasteiger partial charge < -0.3 is 9.80 Å². The van der Waals surface area contributed by atoms with Gasteiger partial charge in [0.1, 0.15) is 4.90 Å². The number of sulfonamides is 1. The summed E-state index contributed by atoms with van der Waals surface area (Å²) in [5.74, 6) is -0.135. The number of carbonyl (C=O) groups excluding carboxylic acids is 1. The van der Waals surface area contributed by atoms with E-state index >= 15 is 0 Å². The lowest BCUT2D eigenvalue weighted by Crippen LogP contribution is -2.49.